The van der Waals surface area contributed by atoms with Crippen molar-refractivity contribution in [3.8, 4) is 0 Å². The third kappa shape index (κ3) is 4.71. The predicted octanol–water partition coefficient (Wildman–Crippen LogP) is 6.02. The zero-order chi connectivity index (χ0) is 23.5. The lowest BCUT2D eigenvalue weighted by Crippen LogP contribution is -2.30. The third-order valence-electron chi connectivity index (χ3n) is 7.62. The molecular weight excluding hydrogens is 422 g/mol. The number of hydrogen-bond acceptors (Lipinski definition) is 4. The van der Waals surface area contributed by atoms with Gasteiger partial charge >= 0.3 is 5.97 Å². The van der Waals surface area contributed by atoms with Gasteiger partial charge in [0, 0.05) is 36.9 Å². The lowest BCUT2D eigenvalue weighted by atomic mass is 9.89. The topological polar surface area (TPSA) is 65.5 Å². The smallest absolute Gasteiger partial charge is 0.336 e. The second-order valence-corrected chi connectivity index (χ2v) is 9.65. The lowest BCUT2D eigenvalue weighted by molar-refractivity contribution is 0.0695. The normalized spacial score (nSPS) is 18.0. The van der Waals surface area contributed by atoms with E-state index in [1.165, 1.54) is 53.7 Å². The fraction of sp³-hybridized carbons (Fsp3) is 0.379. The molecular formula is C29H33N3O2. The number of rotatable bonds is 7. The third-order valence-corrected chi connectivity index (χ3v) is 7.62. The van der Waals surface area contributed by atoms with Gasteiger partial charge in [-0.2, -0.15) is 0 Å². The Labute approximate surface area is 201 Å². The van der Waals surface area contributed by atoms with Crippen LogP contribution in [0.2, 0.25) is 0 Å². The van der Waals surface area contributed by atoms with Gasteiger partial charge in [0.1, 0.15) is 0 Å². The van der Waals surface area contributed by atoms with Crippen LogP contribution < -0.4 is 10.2 Å². The molecule has 2 aliphatic rings. The number of carboxylic acids is 1. The van der Waals surface area contributed by atoms with Crippen molar-refractivity contribution in [3.63, 3.8) is 0 Å². The summed E-state index contributed by atoms with van der Waals surface area (Å²) in [6, 6.07) is 17.7. The summed E-state index contributed by atoms with van der Waals surface area (Å²) in [7, 11) is 2.14. The number of hydrogen-bond donors (Lipinski definition) is 2. The zero-order valence-corrected chi connectivity index (χ0v) is 19.8. The monoisotopic (exact) mass is 455 g/mol. The molecule has 2 aromatic carbocycles. The van der Waals surface area contributed by atoms with Crippen LogP contribution in [0.5, 0.6) is 0 Å². The summed E-state index contributed by atoms with van der Waals surface area (Å²) in [5.74, 6) is -0.149. The fourth-order valence-corrected chi connectivity index (χ4v) is 5.62. The molecule has 5 nitrogen and oxygen atoms in total. The number of carbonyl (C=O) groups is 1. The predicted molar refractivity (Wildman–Crippen MR) is 136 cm³/mol. The molecule has 2 heterocycles. The first kappa shape index (κ1) is 22.6. The minimum absolute atomic E-state index is 0.218. The van der Waals surface area contributed by atoms with Gasteiger partial charge in [-0.05, 0) is 97.2 Å². The molecule has 1 saturated carbocycles. The molecule has 2 N–H and O–H groups in total. The average molecular weight is 456 g/mol. The Morgan fingerprint density at radius 3 is 2.62 bits per heavy atom. The van der Waals surface area contributed by atoms with E-state index < -0.39 is 5.97 Å². The molecule has 0 unspecified atom stereocenters. The molecule has 1 aliphatic heterocycles. The number of pyridine rings is 1. The summed E-state index contributed by atoms with van der Waals surface area (Å²) in [6.07, 6.45) is 11.1. The molecule has 0 saturated heterocycles. The van der Waals surface area contributed by atoms with Crippen LogP contribution >= 0.6 is 0 Å². The van der Waals surface area contributed by atoms with Crippen LogP contribution in [0.3, 0.4) is 0 Å². The number of aryl methyl sites for hydroxylation is 1. The standard InChI is InChI=1S/C29H33N3O2/c1-32(24-9-6-21(7-10-24)20-4-2-3-5-20)25-11-12-26-22(18-25)14-17-31-28(26)13-8-23-19-30-16-15-27(23)29(33)34/h6-7,9-12,15-16,18-20,28,31H,2-5,8,13-14,17H2,1H3,(H,33,34)/t28-/m1/s1. The first-order valence-electron chi connectivity index (χ1n) is 12.5. The summed E-state index contributed by atoms with van der Waals surface area (Å²) in [6.45, 7) is 0.930. The highest BCUT2D eigenvalue weighted by Crippen LogP contribution is 2.36. The molecule has 176 valence electrons. The van der Waals surface area contributed by atoms with E-state index in [-0.39, 0.29) is 6.04 Å². The average Bonchev–Trinajstić information content (AvgIpc) is 3.42. The van der Waals surface area contributed by atoms with Gasteiger partial charge < -0.3 is 15.3 Å². The number of benzene rings is 2. The molecule has 0 radical (unpaired) electrons. The molecule has 0 spiro atoms. The number of nitrogens with one attached hydrogen (secondary N) is 1. The maximum Gasteiger partial charge on any atom is 0.336 e. The Morgan fingerprint density at radius 2 is 1.85 bits per heavy atom. The Balaban J connectivity index is 1.30. The van der Waals surface area contributed by atoms with Gasteiger partial charge in [-0.25, -0.2) is 4.79 Å². The minimum Gasteiger partial charge on any atom is -0.478 e. The highest BCUT2D eigenvalue weighted by atomic mass is 16.4. The van der Waals surface area contributed by atoms with E-state index in [9.17, 15) is 9.90 Å². The fourth-order valence-electron chi connectivity index (χ4n) is 5.62. The van der Waals surface area contributed by atoms with E-state index in [0.29, 0.717) is 12.0 Å². The SMILES string of the molecule is CN(c1ccc(C2CCCC2)cc1)c1ccc2c(c1)CCN[C@@H]2CCc1cnccc1C(=O)O. The second kappa shape index (κ2) is 9.98. The van der Waals surface area contributed by atoms with Crippen molar-refractivity contribution in [3.05, 3.63) is 88.7 Å². The quantitative estimate of drug-likeness (QED) is 0.456. The molecule has 34 heavy (non-hydrogen) atoms. The number of aromatic nitrogens is 1. The summed E-state index contributed by atoms with van der Waals surface area (Å²) in [5, 5.41) is 13.1. The van der Waals surface area contributed by atoms with Crippen molar-refractivity contribution >= 4 is 17.3 Å². The number of anilines is 2. The molecule has 1 atom stereocenters. The van der Waals surface area contributed by atoms with E-state index in [0.717, 1.165) is 30.9 Å². The van der Waals surface area contributed by atoms with E-state index in [1.54, 1.807) is 18.5 Å². The van der Waals surface area contributed by atoms with Crippen molar-refractivity contribution in [2.24, 2.45) is 0 Å². The molecule has 1 fully saturated rings. The van der Waals surface area contributed by atoms with Gasteiger partial charge in [0.25, 0.3) is 0 Å². The van der Waals surface area contributed by atoms with E-state index in [1.807, 2.05) is 0 Å². The second-order valence-electron chi connectivity index (χ2n) is 9.65. The van der Waals surface area contributed by atoms with Crippen LogP contribution in [0.25, 0.3) is 0 Å². The Hall–Kier alpha value is -3.18. The molecule has 0 amide bonds. The molecule has 1 aromatic heterocycles. The van der Waals surface area contributed by atoms with Crippen LogP contribution in [0.4, 0.5) is 11.4 Å². The summed E-state index contributed by atoms with van der Waals surface area (Å²) in [5.41, 5.74) is 7.73. The van der Waals surface area contributed by atoms with E-state index in [4.69, 9.17) is 0 Å². The molecule has 0 bridgehead atoms. The van der Waals surface area contributed by atoms with Gasteiger partial charge in [-0.3, -0.25) is 4.98 Å². The number of aromatic carboxylic acids is 1. The van der Waals surface area contributed by atoms with Crippen molar-refractivity contribution in [1.82, 2.24) is 10.3 Å². The highest BCUT2D eigenvalue weighted by Gasteiger charge is 2.22. The van der Waals surface area contributed by atoms with Crippen molar-refractivity contribution in [1.29, 1.82) is 0 Å². The number of carboxylic acid groups (broad SMARTS) is 1. The largest absolute Gasteiger partial charge is 0.478 e. The lowest BCUT2D eigenvalue weighted by Gasteiger charge is -2.29. The number of nitrogens with zero attached hydrogens (tertiary/aromatic N) is 2. The van der Waals surface area contributed by atoms with Gasteiger partial charge in [0.15, 0.2) is 0 Å². The molecule has 5 heteroatoms. The highest BCUT2D eigenvalue weighted by molar-refractivity contribution is 5.89. The molecule has 1 aliphatic carbocycles. The van der Waals surface area contributed by atoms with E-state index >= 15 is 0 Å². The first-order chi connectivity index (χ1) is 16.6. The summed E-state index contributed by atoms with van der Waals surface area (Å²) < 4.78 is 0. The number of fused-ring (bicyclic) bond motifs is 1. The van der Waals surface area contributed by atoms with E-state index in [2.05, 4.69) is 64.7 Å². The first-order valence-corrected chi connectivity index (χ1v) is 12.5. The van der Waals surface area contributed by atoms with Gasteiger partial charge in [-0.15, -0.1) is 0 Å². The van der Waals surface area contributed by atoms with Crippen LogP contribution in [0.1, 0.15) is 76.7 Å². The molecule has 3 aromatic rings. The van der Waals surface area contributed by atoms with Crippen LogP contribution in [-0.4, -0.2) is 29.7 Å². The van der Waals surface area contributed by atoms with Crippen molar-refractivity contribution < 1.29 is 9.90 Å². The van der Waals surface area contributed by atoms with Gasteiger partial charge in [0.05, 0.1) is 5.56 Å². The summed E-state index contributed by atoms with van der Waals surface area (Å²) in [4.78, 5) is 17.9. The molecule has 5 rings (SSSR count). The minimum atomic E-state index is -0.890. The summed E-state index contributed by atoms with van der Waals surface area (Å²) >= 11 is 0. The van der Waals surface area contributed by atoms with Crippen LogP contribution in [-0.2, 0) is 12.8 Å². The van der Waals surface area contributed by atoms with Gasteiger partial charge in [0.2, 0.25) is 0 Å². The zero-order valence-electron chi connectivity index (χ0n) is 19.8. The Bertz CT molecular complexity index is 1150. The van der Waals surface area contributed by atoms with Crippen LogP contribution in [0.15, 0.2) is 60.9 Å². The van der Waals surface area contributed by atoms with Gasteiger partial charge in [-0.1, -0.05) is 31.0 Å². The Kier molecular flexibility index (Phi) is 6.63. The van der Waals surface area contributed by atoms with Crippen molar-refractivity contribution in [2.75, 3.05) is 18.5 Å². The maximum absolute atomic E-state index is 11.5. The van der Waals surface area contributed by atoms with Crippen LogP contribution in [0, 0.1) is 0 Å². The van der Waals surface area contributed by atoms with Crippen molar-refractivity contribution in [2.45, 2.75) is 56.9 Å². The Morgan fingerprint density at radius 1 is 1.09 bits per heavy atom. The maximum atomic E-state index is 11.5.